The van der Waals surface area contributed by atoms with Crippen molar-refractivity contribution in [2.75, 3.05) is 33.9 Å². The molecule has 0 spiro atoms. The van der Waals surface area contributed by atoms with Gasteiger partial charge in [0.2, 0.25) is 5.88 Å². The first-order valence-corrected chi connectivity index (χ1v) is 12.9. The molecule has 0 aliphatic heterocycles. The van der Waals surface area contributed by atoms with Crippen molar-refractivity contribution in [3.63, 3.8) is 0 Å². The lowest BCUT2D eigenvalue weighted by Crippen LogP contribution is -2.28. The van der Waals surface area contributed by atoms with Gasteiger partial charge in [0, 0.05) is 12.0 Å². The third-order valence-electron chi connectivity index (χ3n) is 7.09. The van der Waals surface area contributed by atoms with Crippen molar-refractivity contribution in [2.24, 2.45) is 5.41 Å². The van der Waals surface area contributed by atoms with Crippen LogP contribution in [0.15, 0.2) is 30.3 Å². The zero-order valence-electron chi connectivity index (χ0n) is 22.5. The van der Waals surface area contributed by atoms with Crippen LogP contribution < -0.4 is 9.47 Å². The van der Waals surface area contributed by atoms with Crippen molar-refractivity contribution in [1.82, 2.24) is 14.9 Å². The minimum absolute atomic E-state index is 0.126. The van der Waals surface area contributed by atoms with Crippen LogP contribution in [0.25, 0.3) is 32.8 Å². The van der Waals surface area contributed by atoms with Gasteiger partial charge in [0.25, 0.3) is 0 Å². The average molecular weight is 580 g/mol. The molecular formula is C29H27F6N3O3. The van der Waals surface area contributed by atoms with Crippen LogP contribution in [0.3, 0.4) is 0 Å². The second-order valence-corrected chi connectivity index (χ2v) is 10.7. The molecule has 0 radical (unpaired) electrons. The van der Waals surface area contributed by atoms with Gasteiger partial charge in [-0.2, -0.15) is 23.1 Å². The Hall–Kier alpha value is -3.80. The van der Waals surface area contributed by atoms with Crippen LogP contribution in [0.5, 0.6) is 17.6 Å². The Morgan fingerprint density at radius 2 is 1.73 bits per heavy atom. The Bertz CT molecular complexity index is 1640. The minimum Gasteiger partial charge on any atom is -0.508 e. The molecule has 0 amide bonds. The molecule has 5 rings (SSSR count). The molecule has 0 unspecified atom stereocenters. The highest BCUT2D eigenvalue weighted by Crippen LogP contribution is 2.46. The van der Waals surface area contributed by atoms with Gasteiger partial charge in [-0.1, -0.05) is 13.0 Å². The normalized spacial score (nSPS) is 14.7. The summed E-state index contributed by atoms with van der Waals surface area (Å²) < 4.78 is 96.2. The molecular weight excluding hydrogens is 552 g/mol. The van der Waals surface area contributed by atoms with Crippen LogP contribution in [-0.2, 0) is 6.42 Å². The Morgan fingerprint density at radius 3 is 2.37 bits per heavy atom. The highest BCUT2D eigenvalue weighted by atomic mass is 19.4. The maximum Gasteiger partial charge on any atom is 0.422 e. The third-order valence-corrected chi connectivity index (χ3v) is 7.09. The molecule has 1 aromatic heterocycles. The molecule has 6 nitrogen and oxygen atoms in total. The molecule has 12 heteroatoms. The number of halogens is 6. The molecule has 1 aliphatic rings. The van der Waals surface area contributed by atoms with Gasteiger partial charge >= 0.3 is 12.2 Å². The number of hydrogen-bond acceptors (Lipinski definition) is 6. The minimum atomic E-state index is -4.75. The lowest BCUT2D eigenvalue weighted by molar-refractivity contribution is -0.153. The molecule has 1 fully saturated rings. The van der Waals surface area contributed by atoms with E-state index in [9.17, 15) is 22.7 Å². The van der Waals surface area contributed by atoms with Gasteiger partial charge in [-0.15, -0.1) is 0 Å². The summed E-state index contributed by atoms with van der Waals surface area (Å²) in [6.07, 6.45) is -2.87. The average Bonchev–Trinajstić information content (AvgIpc) is 3.65. The van der Waals surface area contributed by atoms with Crippen molar-refractivity contribution < 1.29 is 40.9 Å². The van der Waals surface area contributed by atoms with Crippen LogP contribution >= 0.6 is 0 Å². The van der Waals surface area contributed by atoms with Gasteiger partial charge in [0.05, 0.1) is 17.6 Å². The smallest absolute Gasteiger partial charge is 0.422 e. The van der Waals surface area contributed by atoms with E-state index < -0.39 is 58.6 Å². The summed E-state index contributed by atoms with van der Waals surface area (Å²) in [5.74, 6) is -4.06. The zero-order chi connectivity index (χ0) is 29.7. The molecule has 0 saturated heterocycles. The van der Waals surface area contributed by atoms with E-state index in [0.29, 0.717) is 11.9 Å². The molecule has 4 aromatic rings. The van der Waals surface area contributed by atoms with Crippen LogP contribution in [0.1, 0.15) is 25.3 Å². The van der Waals surface area contributed by atoms with E-state index >= 15 is 8.78 Å². The van der Waals surface area contributed by atoms with E-state index in [0.717, 1.165) is 25.0 Å². The molecule has 0 atom stereocenters. The first-order chi connectivity index (χ1) is 19.3. The molecule has 0 bridgehead atoms. The van der Waals surface area contributed by atoms with Gasteiger partial charge in [0.15, 0.2) is 12.4 Å². The Kier molecular flexibility index (Phi) is 7.39. The van der Waals surface area contributed by atoms with Gasteiger partial charge in [-0.25, -0.2) is 13.2 Å². The van der Waals surface area contributed by atoms with Gasteiger partial charge in [0.1, 0.15) is 22.9 Å². The molecule has 218 valence electrons. The van der Waals surface area contributed by atoms with Crippen LogP contribution in [-0.4, -0.2) is 60.0 Å². The second-order valence-electron chi connectivity index (χ2n) is 10.7. The van der Waals surface area contributed by atoms with Crippen molar-refractivity contribution in [2.45, 2.75) is 32.4 Å². The Morgan fingerprint density at radius 1 is 1.00 bits per heavy atom. The molecule has 1 aliphatic carbocycles. The predicted octanol–water partition coefficient (Wildman–Crippen LogP) is 6.80. The fourth-order valence-corrected chi connectivity index (χ4v) is 5.18. The van der Waals surface area contributed by atoms with Crippen molar-refractivity contribution in [3.8, 4) is 28.8 Å². The topological polar surface area (TPSA) is 67.7 Å². The number of hydrogen-bond donors (Lipinski definition) is 1. The SMILES string of the molecule is CCc1c(F)ccc2cc(O)cc(-c3c(F)cc4c(OCC(F)(F)F)nc(OCC5(CN(C)C)CC5)nc4c3F)c12. The fraction of sp³-hybridized carbons (Fsp3) is 0.379. The molecule has 1 saturated carbocycles. The van der Waals surface area contributed by atoms with E-state index in [1.807, 2.05) is 19.0 Å². The number of aromatic hydroxyl groups is 1. The summed E-state index contributed by atoms with van der Waals surface area (Å²) in [6, 6.07) is 5.35. The summed E-state index contributed by atoms with van der Waals surface area (Å²) in [6.45, 7) is 0.722. The number of fused-ring (bicyclic) bond motifs is 2. The van der Waals surface area contributed by atoms with Crippen LogP contribution in [0, 0.1) is 22.9 Å². The quantitative estimate of drug-likeness (QED) is 0.220. The largest absolute Gasteiger partial charge is 0.508 e. The molecule has 1 heterocycles. The number of aromatic nitrogens is 2. The van der Waals surface area contributed by atoms with E-state index in [1.54, 1.807) is 6.92 Å². The standard InChI is InChI=1S/C29H27F6N3O3/c1-4-17-20(30)6-5-15-9-16(39)10-18(22(15)17)23-21(31)11-19-25(24(23)32)36-27(37-26(19)40-14-29(33,34)35)41-13-28(7-8-28)12-38(2)3/h5-6,9-11,39H,4,7-8,12-14H2,1-3H3. The number of benzene rings is 3. The monoisotopic (exact) mass is 579 g/mol. The van der Waals surface area contributed by atoms with Gasteiger partial charge < -0.3 is 19.5 Å². The van der Waals surface area contributed by atoms with E-state index in [4.69, 9.17) is 9.47 Å². The first-order valence-electron chi connectivity index (χ1n) is 12.9. The lowest BCUT2D eigenvalue weighted by atomic mass is 9.91. The Labute approximate surface area is 231 Å². The van der Waals surface area contributed by atoms with Crippen molar-refractivity contribution in [3.05, 3.63) is 53.3 Å². The van der Waals surface area contributed by atoms with Crippen molar-refractivity contribution >= 4 is 21.7 Å². The Balaban J connectivity index is 1.70. The zero-order valence-corrected chi connectivity index (χ0v) is 22.5. The highest BCUT2D eigenvalue weighted by Gasteiger charge is 2.44. The number of phenols is 1. The molecule has 1 N–H and O–H groups in total. The van der Waals surface area contributed by atoms with E-state index in [-0.39, 0.29) is 40.7 Å². The maximum absolute atomic E-state index is 16.3. The number of rotatable bonds is 9. The predicted molar refractivity (Wildman–Crippen MR) is 141 cm³/mol. The molecule has 3 aromatic carbocycles. The van der Waals surface area contributed by atoms with Gasteiger partial charge in [-0.05, 0) is 79.5 Å². The highest BCUT2D eigenvalue weighted by molar-refractivity contribution is 6.02. The molecule has 41 heavy (non-hydrogen) atoms. The van der Waals surface area contributed by atoms with Gasteiger partial charge in [-0.3, -0.25) is 0 Å². The number of phenolic OH excluding ortho intramolecular Hbond substituents is 1. The van der Waals surface area contributed by atoms with E-state index in [1.165, 1.54) is 18.2 Å². The third kappa shape index (κ3) is 5.83. The lowest BCUT2D eigenvalue weighted by Gasteiger charge is -2.20. The summed E-state index contributed by atoms with van der Waals surface area (Å²) in [5.41, 5.74) is -1.37. The fourth-order valence-electron chi connectivity index (χ4n) is 5.18. The number of nitrogens with zero attached hydrogens (tertiary/aromatic N) is 3. The van der Waals surface area contributed by atoms with Crippen molar-refractivity contribution in [1.29, 1.82) is 0 Å². The summed E-state index contributed by atoms with van der Waals surface area (Å²) in [7, 11) is 3.78. The first kappa shape index (κ1) is 28.7. The summed E-state index contributed by atoms with van der Waals surface area (Å²) in [4.78, 5) is 9.97. The van der Waals surface area contributed by atoms with Crippen LogP contribution in [0.4, 0.5) is 26.3 Å². The number of aryl methyl sites for hydroxylation is 1. The number of alkyl halides is 3. The maximum atomic E-state index is 16.3. The number of ether oxygens (including phenoxy) is 2. The summed E-state index contributed by atoms with van der Waals surface area (Å²) in [5, 5.41) is 10.4. The summed E-state index contributed by atoms with van der Waals surface area (Å²) >= 11 is 0. The second kappa shape index (κ2) is 10.6. The van der Waals surface area contributed by atoms with Crippen LogP contribution in [0.2, 0.25) is 0 Å². The van der Waals surface area contributed by atoms with E-state index in [2.05, 4.69) is 9.97 Å².